The summed E-state index contributed by atoms with van der Waals surface area (Å²) in [5, 5.41) is 0. The topological polar surface area (TPSA) is 35.2 Å². The van der Waals surface area contributed by atoms with Gasteiger partial charge in [0.15, 0.2) is 0 Å². The maximum absolute atomic E-state index is 6.01. The number of ether oxygens (including phenoxy) is 1. The molecule has 0 saturated carbocycles. The summed E-state index contributed by atoms with van der Waals surface area (Å²) in [5.74, 6) is 1.67. The van der Waals surface area contributed by atoms with Crippen molar-refractivity contribution in [1.29, 1.82) is 0 Å². The first-order chi connectivity index (χ1) is 8.93. The molecule has 0 fully saturated rings. The molecule has 2 nitrogen and oxygen atoms in total. The van der Waals surface area contributed by atoms with E-state index in [4.69, 9.17) is 10.5 Å². The fourth-order valence-corrected chi connectivity index (χ4v) is 2.56. The van der Waals surface area contributed by atoms with Crippen molar-refractivity contribution in [3.8, 4) is 5.75 Å². The van der Waals surface area contributed by atoms with Crippen LogP contribution in [0.2, 0.25) is 0 Å². The SMILES string of the molecule is CCCC(C)COc1c(C)cc(CC(C)N)cc1C. The molecule has 0 radical (unpaired) electrons. The maximum Gasteiger partial charge on any atom is 0.125 e. The molecule has 1 aromatic rings. The highest BCUT2D eigenvalue weighted by atomic mass is 16.5. The van der Waals surface area contributed by atoms with Gasteiger partial charge in [0.1, 0.15) is 5.75 Å². The van der Waals surface area contributed by atoms with Crippen LogP contribution in [0.1, 0.15) is 50.3 Å². The Bertz CT molecular complexity index is 375. The minimum absolute atomic E-state index is 0.204. The van der Waals surface area contributed by atoms with Crippen LogP contribution in [0.25, 0.3) is 0 Å². The zero-order chi connectivity index (χ0) is 14.4. The van der Waals surface area contributed by atoms with Gasteiger partial charge < -0.3 is 10.5 Å². The van der Waals surface area contributed by atoms with Crippen LogP contribution in [0.3, 0.4) is 0 Å². The van der Waals surface area contributed by atoms with Gasteiger partial charge in [-0.2, -0.15) is 0 Å². The molecule has 2 N–H and O–H groups in total. The third-order valence-electron chi connectivity index (χ3n) is 3.37. The molecular weight excluding hydrogens is 234 g/mol. The Hall–Kier alpha value is -1.02. The first-order valence-electron chi connectivity index (χ1n) is 7.42. The van der Waals surface area contributed by atoms with Crippen molar-refractivity contribution in [2.24, 2.45) is 11.7 Å². The second-order valence-electron chi connectivity index (χ2n) is 5.94. The predicted octanol–water partition coefficient (Wildman–Crippen LogP) is 4.01. The molecule has 0 aliphatic carbocycles. The van der Waals surface area contributed by atoms with Gasteiger partial charge in [-0.25, -0.2) is 0 Å². The number of hydrogen-bond donors (Lipinski definition) is 1. The first kappa shape index (κ1) is 16.0. The summed E-state index contributed by atoms with van der Waals surface area (Å²) < 4.78 is 6.01. The minimum Gasteiger partial charge on any atom is -0.493 e. The van der Waals surface area contributed by atoms with Gasteiger partial charge in [0.25, 0.3) is 0 Å². The van der Waals surface area contributed by atoms with Gasteiger partial charge >= 0.3 is 0 Å². The molecule has 0 heterocycles. The zero-order valence-electron chi connectivity index (χ0n) is 13.1. The van der Waals surface area contributed by atoms with E-state index in [9.17, 15) is 0 Å². The van der Waals surface area contributed by atoms with Crippen LogP contribution in [-0.4, -0.2) is 12.6 Å². The normalized spacial score (nSPS) is 14.2. The Kier molecular flexibility index (Phi) is 6.36. The van der Waals surface area contributed by atoms with E-state index in [0.717, 1.165) is 18.8 Å². The van der Waals surface area contributed by atoms with Gasteiger partial charge in [-0.1, -0.05) is 32.4 Å². The Labute approximate surface area is 118 Å². The second kappa shape index (κ2) is 7.54. The van der Waals surface area contributed by atoms with E-state index >= 15 is 0 Å². The lowest BCUT2D eigenvalue weighted by molar-refractivity contribution is 0.248. The van der Waals surface area contributed by atoms with Crippen LogP contribution in [0.5, 0.6) is 5.75 Å². The van der Waals surface area contributed by atoms with E-state index in [-0.39, 0.29) is 6.04 Å². The van der Waals surface area contributed by atoms with Crippen LogP contribution in [0.15, 0.2) is 12.1 Å². The van der Waals surface area contributed by atoms with Gasteiger partial charge in [-0.3, -0.25) is 0 Å². The molecule has 19 heavy (non-hydrogen) atoms. The van der Waals surface area contributed by atoms with Crippen LogP contribution in [-0.2, 0) is 6.42 Å². The Morgan fingerprint density at radius 3 is 2.21 bits per heavy atom. The average molecular weight is 263 g/mol. The third-order valence-corrected chi connectivity index (χ3v) is 3.37. The highest BCUT2D eigenvalue weighted by Crippen LogP contribution is 2.26. The number of nitrogens with two attached hydrogens (primary N) is 1. The van der Waals surface area contributed by atoms with E-state index in [1.54, 1.807) is 0 Å². The van der Waals surface area contributed by atoms with Crippen molar-refractivity contribution in [2.75, 3.05) is 6.61 Å². The third kappa shape index (κ3) is 5.23. The number of benzene rings is 1. The van der Waals surface area contributed by atoms with Gasteiger partial charge in [0.2, 0.25) is 0 Å². The molecule has 0 spiro atoms. The van der Waals surface area contributed by atoms with Gasteiger partial charge in [0.05, 0.1) is 6.61 Å². The number of hydrogen-bond acceptors (Lipinski definition) is 2. The van der Waals surface area contributed by atoms with E-state index in [1.165, 1.54) is 29.5 Å². The molecule has 108 valence electrons. The van der Waals surface area contributed by atoms with Crippen molar-refractivity contribution in [3.63, 3.8) is 0 Å². The molecule has 0 aliphatic rings. The highest BCUT2D eigenvalue weighted by molar-refractivity contribution is 5.43. The Morgan fingerprint density at radius 2 is 1.74 bits per heavy atom. The largest absolute Gasteiger partial charge is 0.493 e. The van der Waals surface area contributed by atoms with Crippen LogP contribution >= 0.6 is 0 Å². The van der Waals surface area contributed by atoms with Crippen molar-refractivity contribution in [1.82, 2.24) is 0 Å². The van der Waals surface area contributed by atoms with E-state index in [2.05, 4.69) is 39.8 Å². The quantitative estimate of drug-likeness (QED) is 0.806. The summed E-state index contributed by atoms with van der Waals surface area (Å²) in [4.78, 5) is 0. The molecule has 0 amide bonds. The predicted molar refractivity (Wildman–Crippen MR) is 82.8 cm³/mol. The zero-order valence-corrected chi connectivity index (χ0v) is 13.1. The fraction of sp³-hybridized carbons (Fsp3) is 0.647. The summed E-state index contributed by atoms with van der Waals surface area (Å²) in [5.41, 5.74) is 9.61. The lowest BCUT2D eigenvalue weighted by Gasteiger charge is -2.17. The van der Waals surface area contributed by atoms with Crippen molar-refractivity contribution < 1.29 is 4.74 Å². The molecule has 0 aliphatic heterocycles. The van der Waals surface area contributed by atoms with Crippen LogP contribution in [0.4, 0.5) is 0 Å². The minimum atomic E-state index is 0.204. The summed E-state index contributed by atoms with van der Waals surface area (Å²) in [7, 11) is 0. The summed E-state index contributed by atoms with van der Waals surface area (Å²) in [6, 6.07) is 4.61. The molecule has 0 bridgehead atoms. The fourth-order valence-electron chi connectivity index (χ4n) is 2.56. The number of rotatable bonds is 7. The van der Waals surface area contributed by atoms with Gasteiger partial charge in [-0.15, -0.1) is 0 Å². The molecule has 0 saturated heterocycles. The Morgan fingerprint density at radius 1 is 1.16 bits per heavy atom. The second-order valence-corrected chi connectivity index (χ2v) is 5.94. The van der Waals surface area contributed by atoms with Crippen molar-refractivity contribution in [3.05, 3.63) is 28.8 Å². The smallest absolute Gasteiger partial charge is 0.125 e. The highest BCUT2D eigenvalue weighted by Gasteiger charge is 2.09. The van der Waals surface area contributed by atoms with Crippen LogP contribution < -0.4 is 10.5 Å². The molecule has 2 unspecified atom stereocenters. The summed E-state index contributed by atoms with van der Waals surface area (Å²) >= 11 is 0. The van der Waals surface area contributed by atoms with Gasteiger partial charge in [-0.05, 0) is 56.2 Å². The molecule has 2 heteroatoms. The monoisotopic (exact) mass is 263 g/mol. The molecule has 2 atom stereocenters. The average Bonchev–Trinajstić information content (AvgIpc) is 2.27. The van der Waals surface area contributed by atoms with E-state index in [1.807, 2.05) is 6.92 Å². The number of aryl methyl sites for hydroxylation is 2. The maximum atomic E-state index is 6.01. The Balaban J connectivity index is 2.74. The van der Waals surface area contributed by atoms with Crippen molar-refractivity contribution >= 4 is 0 Å². The summed E-state index contributed by atoms with van der Waals surface area (Å²) in [6.07, 6.45) is 3.37. The van der Waals surface area contributed by atoms with Gasteiger partial charge in [0, 0.05) is 6.04 Å². The first-order valence-corrected chi connectivity index (χ1v) is 7.42. The lowest BCUT2D eigenvalue weighted by Crippen LogP contribution is -2.18. The molecular formula is C17H29NO. The lowest BCUT2D eigenvalue weighted by atomic mass is 10.0. The molecule has 1 rings (SSSR count). The molecule has 1 aromatic carbocycles. The summed E-state index contributed by atoms with van der Waals surface area (Å²) in [6.45, 7) is 11.6. The van der Waals surface area contributed by atoms with Crippen LogP contribution in [0, 0.1) is 19.8 Å². The standard InChI is InChI=1S/C17H29NO/c1-6-7-12(2)11-19-17-13(3)8-16(9-14(17)4)10-15(5)18/h8-9,12,15H,6-7,10-11,18H2,1-5H3. The van der Waals surface area contributed by atoms with E-state index < -0.39 is 0 Å². The van der Waals surface area contributed by atoms with Crippen molar-refractivity contribution in [2.45, 2.75) is 59.9 Å². The molecule has 0 aromatic heterocycles. The van der Waals surface area contributed by atoms with E-state index in [0.29, 0.717) is 5.92 Å².